The molecule has 8 heteroatoms. The average Bonchev–Trinajstić information content (AvgIpc) is 2.47. The highest BCUT2D eigenvalue weighted by Gasteiger charge is 2.46. The number of nitrogens with zero attached hydrogens (tertiary/aromatic N) is 3. The van der Waals surface area contributed by atoms with Gasteiger partial charge < -0.3 is 9.47 Å². The SMILES string of the molecule is COC1=NC2CC(NOO)C(C)C(C#N)C2N=C1OC. The molecule has 5 unspecified atom stereocenters. The molecule has 110 valence electrons. The summed E-state index contributed by atoms with van der Waals surface area (Å²) in [5.74, 6) is 0.234. The number of nitriles is 1. The molecule has 0 saturated heterocycles. The Morgan fingerprint density at radius 2 is 1.95 bits per heavy atom. The topological polar surface area (TPSA) is 108 Å². The lowest BCUT2D eigenvalue weighted by atomic mass is 9.72. The summed E-state index contributed by atoms with van der Waals surface area (Å²) in [6.45, 7) is 1.92. The van der Waals surface area contributed by atoms with Crippen molar-refractivity contribution in [2.45, 2.75) is 31.5 Å². The zero-order chi connectivity index (χ0) is 14.7. The number of aliphatic imine (C=N–C) groups is 2. The van der Waals surface area contributed by atoms with Gasteiger partial charge in [0.2, 0.25) is 0 Å². The first kappa shape index (κ1) is 14.7. The molecule has 1 saturated carbocycles. The van der Waals surface area contributed by atoms with Crippen molar-refractivity contribution >= 4 is 11.8 Å². The highest BCUT2D eigenvalue weighted by Crippen LogP contribution is 2.35. The third kappa shape index (κ3) is 2.47. The van der Waals surface area contributed by atoms with Gasteiger partial charge in [-0.2, -0.15) is 10.7 Å². The summed E-state index contributed by atoms with van der Waals surface area (Å²) in [6, 6.07) is 1.59. The Hall–Kier alpha value is -1.69. The van der Waals surface area contributed by atoms with Crippen molar-refractivity contribution in [1.29, 1.82) is 5.26 Å². The third-order valence-corrected chi connectivity index (χ3v) is 3.93. The Kier molecular flexibility index (Phi) is 4.54. The van der Waals surface area contributed by atoms with Crippen molar-refractivity contribution < 1.29 is 19.7 Å². The summed E-state index contributed by atoms with van der Waals surface area (Å²) in [5.41, 5.74) is 2.50. The molecule has 0 spiro atoms. The van der Waals surface area contributed by atoms with E-state index >= 15 is 0 Å². The molecule has 0 amide bonds. The number of fused-ring (bicyclic) bond motifs is 1. The minimum absolute atomic E-state index is 0.0467. The van der Waals surface area contributed by atoms with Gasteiger partial charge in [0, 0.05) is 6.04 Å². The molecule has 5 atom stereocenters. The van der Waals surface area contributed by atoms with E-state index in [4.69, 9.17) is 14.7 Å². The second kappa shape index (κ2) is 6.17. The zero-order valence-electron chi connectivity index (χ0n) is 11.6. The number of nitrogens with one attached hydrogen (secondary N) is 1. The fourth-order valence-electron chi connectivity index (χ4n) is 2.80. The average molecular weight is 282 g/mol. The van der Waals surface area contributed by atoms with Crippen LogP contribution in [0.25, 0.3) is 0 Å². The van der Waals surface area contributed by atoms with Gasteiger partial charge in [-0.25, -0.2) is 15.2 Å². The number of hydrogen-bond acceptors (Lipinski definition) is 8. The second-order valence-electron chi connectivity index (χ2n) is 4.90. The van der Waals surface area contributed by atoms with Crippen LogP contribution in [0.1, 0.15) is 13.3 Å². The predicted molar refractivity (Wildman–Crippen MR) is 70.0 cm³/mol. The van der Waals surface area contributed by atoms with E-state index in [1.165, 1.54) is 14.2 Å². The molecule has 2 aliphatic rings. The van der Waals surface area contributed by atoms with Crippen LogP contribution in [0.4, 0.5) is 0 Å². The van der Waals surface area contributed by atoms with Crippen LogP contribution in [-0.4, -0.2) is 49.4 Å². The maximum absolute atomic E-state index is 9.40. The molecule has 1 fully saturated rings. The van der Waals surface area contributed by atoms with Crippen molar-refractivity contribution in [2.24, 2.45) is 21.8 Å². The summed E-state index contributed by atoms with van der Waals surface area (Å²) in [7, 11) is 2.98. The van der Waals surface area contributed by atoms with Gasteiger partial charge in [0.1, 0.15) is 0 Å². The maximum atomic E-state index is 9.40. The van der Waals surface area contributed by atoms with E-state index < -0.39 is 0 Å². The van der Waals surface area contributed by atoms with E-state index in [2.05, 4.69) is 26.5 Å². The van der Waals surface area contributed by atoms with E-state index in [1.807, 2.05) is 6.92 Å². The Morgan fingerprint density at radius 3 is 2.50 bits per heavy atom. The van der Waals surface area contributed by atoms with Gasteiger partial charge in [-0.1, -0.05) is 6.92 Å². The van der Waals surface area contributed by atoms with Gasteiger partial charge in [0.05, 0.1) is 38.3 Å². The lowest BCUT2D eigenvalue weighted by molar-refractivity contribution is -0.304. The van der Waals surface area contributed by atoms with E-state index in [9.17, 15) is 5.26 Å². The molecule has 0 aromatic rings. The lowest BCUT2D eigenvalue weighted by Crippen LogP contribution is -2.53. The minimum atomic E-state index is -0.353. The number of ether oxygens (including phenoxy) is 2. The Balaban J connectivity index is 2.30. The van der Waals surface area contributed by atoms with Gasteiger partial charge >= 0.3 is 0 Å². The standard InChI is InChI=1S/C12H18N4O4/c1-6-7(5-13)10-9(4-8(6)16-20-17)14-11(18-2)12(15-10)19-3/h6-10,16-17H,4H2,1-3H3. The van der Waals surface area contributed by atoms with Crippen LogP contribution in [-0.2, 0) is 14.5 Å². The van der Waals surface area contributed by atoms with Gasteiger partial charge in [-0.3, -0.25) is 0 Å². The molecule has 2 rings (SSSR count). The van der Waals surface area contributed by atoms with Crippen LogP contribution in [0.2, 0.25) is 0 Å². The van der Waals surface area contributed by atoms with Crippen molar-refractivity contribution in [2.75, 3.05) is 14.2 Å². The molecule has 0 bridgehead atoms. The normalized spacial score (nSPS) is 36.2. The fraction of sp³-hybridized carbons (Fsp3) is 0.750. The quantitative estimate of drug-likeness (QED) is 0.559. The van der Waals surface area contributed by atoms with E-state index in [0.29, 0.717) is 18.2 Å². The number of methoxy groups -OCH3 is 2. The lowest BCUT2D eigenvalue weighted by Gasteiger charge is -2.41. The number of hydrogen-bond donors (Lipinski definition) is 2. The molecular weight excluding hydrogens is 264 g/mol. The van der Waals surface area contributed by atoms with Crippen LogP contribution in [0.3, 0.4) is 0 Å². The first-order valence-electron chi connectivity index (χ1n) is 6.35. The van der Waals surface area contributed by atoms with Crippen LogP contribution in [0, 0.1) is 23.2 Å². The summed E-state index contributed by atoms with van der Waals surface area (Å²) in [4.78, 5) is 12.9. The van der Waals surface area contributed by atoms with Gasteiger partial charge in [0.25, 0.3) is 11.8 Å². The molecule has 1 heterocycles. The molecule has 0 aromatic carbocycles. The summed E-state index contributed by atoms with van der Waals surface area (Å²) in [6.07, 6.45) is 0.581. The highest BCUT2D eigenvalue weighted by molar-refractivity contribution is 6.35. The maximum Gasteiger partial charge on any atom is 0.273 e. The van der Waals surface area contributed by atoms with Crippen LogP contribution in [0.15, 0.2) is 9.98 Å². The molecule has 0 aromatic heterocycles. The monoisotopic (exact) mass is 282 g/mol. The Morgan fingerprint density at radius 1 is 1.30 bits per heavy atom. The first-order chi connectivity index (χ1) is 9.65. The van der Waals surface area contributed by atoms with Crippen LogP contribution in [0.5, 0.6) is 0 Å². The molecule has 8 nitrogen and oxygen atoms in total. The molecule has 1 aliphatic heterocycles. The zero-order valence-corrected chi connectivity index (χ0v) is 11.6. The van der Waals surface area contributed by atoms with E-state index in [-0.39, 0.29) is 30.0 Å². The fourth-order valence-corrected chi connectivity index (χ4v) is 2.80. The minimum Gasteiger partial charge on any atom is -0.477 e. The van der Waals surface area contributed by atoms with Crippen LogP contribution >= 0.6 is 0 Å². The molecule has 2 N–H and O–H groups in total. The second-order valence-corrected chi connectivity index (χ2v) is 4.90. The number of rotatable bonds is 2. The molecular formula is C12H18N4O4. The van der Waals surface area contributed by atoms with E-state index in [1.54, 1.807) is 0 Å². The van der Waals surface area contributed by atoms with Gasteiger partial charge in [-0.15, -0.1) is 4.99 Å². The first-order valence-corrected chi connectivity index (χ1v) is 6.35. The predicted octanol–water partition coefficient (Wildman–Crippen LogP) is 0.369. The van der Waals surface area contributed by atoms with Crippen molar-refractivity contribution in [3.8, 4) is 6.07 Å². The number of hydroxylamine groups is 1. The van der Waals surface area contributed by atoms with Crippen molar-refractivity contribution in [1.82, 2.24) is 5.48 Å². The highest BCUT2D eigenvalue weighted by atomic mass is 17.2. The molecule has 1 aliphatic carbocycles. The summed E-state index contributed by atoms with van der Waals surface area (Å²) >= 11 is 0. The van der Waals surface area contributed by atoms with Crippen LogP contribution < -0.4 is 5.48 Å². The Bertz CT molecular complexity index is 459. The van der Waals surface area contributed by atoms with Gasteiger partial charge in [-0.05, 0) is 12.3 Å². The summed E-state index contributed by atoms with van der Waals surface area (Å²) in [5, 5.41) is 18.0. The van der Waals surface area contributed by atoms with Gasteiger partial charge in [0.15, 0.2) is 0 Å². The van der Waals surface area contributed by atoms with E-state index in [0.717, 1.165) is 0 Å². The largest absolute Gasteiger partial charge is 0.477 e. The van der Waals surface area contributed by atoms with Crippen molar-refractivity contribution in [3.05, 3.63) is 0 Å². The van der Waals surface area contributed by atoms with Crippen molar-refractivity contribution in [3.63, 3.8) is 0 Å². The third-order valence-electron chi connectivity index (χ3n) is 3.93. The Labute approximate surface area is 116 Å². The molecule has 20 heavy (non-hydrogen) atoms. The molecule has 0 radical (unpaired) electrons. The smallest absolute Gasteiger partial charge is 0.273 e. The summed E-state index contributed by atoms with van der Waals surface area (Å²) < 4.78 is 10.3.